The minimum Gasteiger partial charge on any atom is -0.461 e. The topological polar surface area (TPSA) is 43.4 Å². The van der Waals surface area contributed by atoms with E-state index in [9.17, 15) is 9.59 Å². The van der Waals surface area contributed by atoms with Gasteiger partial charge in [-0.1, -0.05) is 6.08 Å². The predicted octanol–water partition coefficient (Wildman–Crippen LogP) is 1.47. The second-order valence-electron chi connectivity index (χ2n) is 3.55. The summed E-state index contributed by atoms with van der Waals surface area (Å²) in [4.78, 5) is 22.2. The van der Waals surface area contributed by atoms with Crippen molar-refractivity contribution >= 4 is 11.8 Å². The third kappa shape index (κ3) is 1.64. The lowest BCUT2D eigenvalue weighted by Crippen LogP contribution is -2.33. The summed E-state index contributed by atoms with van der Waals surface area (Å²) in [6, 6.07) is 0. The first-order chi connectivity index (χ1) is 6.00. The summed E-state index contributed by atoms with van der Waals surface area (Å²) in [6.45, 7) is 6.73. The Kier molecular flexibility index (Phi) is 2.55. The molecule has 1 aliphatic carbocycles. The van der Waals surface area contributed by atoms with Gasteiger partial charge in [0.25, 0.3) is 0 Å². The van der Waals surface area contributed by atoms with Crippen LogP contribution < -0.4 is 0 Å². The third-order valence-corrected chi connectivity index (χ3v) is 2.64. The second-order valence-corrected chi connectivity index (χ2v) is 3.55. The van der Waals surface area contributed by atoms with Crippen molar-refractivity contribution in [1.29, 1.82) is 0 Å². The lowest BCUT2D eigenvalue weighted by atomic mass is 9.86. The van der Waals surface area contributed by atoms with E-state index in [4.69, 9.17) is 4.74 Å². The first-order valence-corrected chi connectivity index (χ1v) is 4.35. The zero-order chi connectivity index (χ0) is 10.1. The van der Waals surface area contributed by atoms with E-state index in [2.05, 4.69) is 6.58 Å². The highest BCUT2D eigenvalue weighted by atomic mass is 16.5. The Morgan fingerprint density at radius 3 is 2.85 bits per heavy atom. The molecule has 1 saturated carbocycles. The molecule has 0 heterocycles. The zero-order valence-electron chi connectivity index (χ0n) is 8.00. The zero-order valence-corrected chi connectivity index (χ0v) is 8.00. The summed E-state index contributed by atoms with van der Waals surface area (Å²) in [7, 11) is 0. The van der Waals surface area contributed by atoms with Gasteiger partial charge >= 0.3 is 5.97 Å². The van der Waals surface area contributed by atoms with E-state index in [0.717, 1.165) is 0 Å². The van der Waals surface area contributed by atoms with Crippen molar-refractivity contribution in [2.24, 2.45) is 5.41 Å². The normalized spacial score (nSPS) is 33.1. The maximum absolute atomic E-state index is 11.5. The van der Waals surface area contributed by atoms with Crippen LogP contribution in [-0.4, -0.2) is 17.9 Å². The summed E-state index contributed by atoms with van der Waals surface area (Å²) in [6.07, 6.45) is 2.34. The van der Waals surface area contributed by atoms with Crippen molar-refractivity contribution in [3.8, 4) is 0 Å². The third-order valence-electron chi connectivity index (χ3n) is 2.64. The molecule has 13 heavy (non-hydrogen) atoms. The first kappa shape index (κ1) is 9.96. The Balaban J connectivity index is 2.81. The van der Waals surface area contributed by atoms with E-state index < -0.39 is 5.41 Å². The largest absolute Gasteiger partial charge is 0.461 e. The number of carbonyl (C=O) groups excluding carboxylic acids is 2. The molecule has 0 aliphatic heterocycles. The molecule has 1 rings (SSSR count). The van der Waals surface area contributed by atoms with Crippen LogP contribution in [0.1, 0.15) is 26.7 Å². The molecule has 0 spiro atoms. The van der Waals surface area contributed by atoms with E-state index >= 15 is 0 Å². The van der Waals surface area contributed by atoms with E-state index in [1.54, 1.807) is 13.0 Å². The second kappa shape index (κ2) is 3.32. The predicted molar refractivity (Wildman–Crippen MR) is 48.1 cm³/mol. The number of carbonyl (C=O) groups is 2. The number of rotatable bonds is 2. The monoisotopic (exact) mass is 182 g/mol. The van der Waals surface area contributed by atoms with Crippen molar-refractivity contribution in [2.75, 3.05) is 0 Å². The van der Waals surface area contributed by atoms with Crippen LogP contribution in [0.2, 0.25) is 0 Å². The minimum atomic E-state index is -0.675. The molecule has 0 N–H and O–H groups in total. The summed E-state index contributed by atoms with van der Waals surface area (Å²) in [5, 5.41) is 0. The van der Waals surface area contributed by atoms with Gasteiger partial charge in [-0.2, -0.15) is 0 Å². The summed E-state index contributed by atoms with van der Waals surface area (Å²) in [5.74, 6) is -0.235. The lowest BCUT2D eigenvalue weighted by Gasteiger charge is -2.25. The van der Waals surface area contributed by atoms with Crippen molar-refractivity contribution in [1.82, 2.24) is 0 Å². The number of ketones is 1. The molecule has 1 aliphatic rings. The Labute approximate surface area is 77.8 Å². The molecule has 0 amide bonds. The van der Waals surface area contributed by atoms with E-state index in [1.165, 1.54) is 6.92 Å². The Morgan fingerprint density at radius 2 is 2.38 bits per heavy atom. The van der Waals surface area contributed by atoms with Crippen LogP contribution in [0, 0.1) is 5.41 Å². The smallest absolute Gasteiger partial charge is 0.302 e. The van der Waals surface area contributed by atoms with Crippen LogP contribution in [0.5, 0.6) is 0 Å². The fraction of sp³-hybridized carbons (Fsp3) is 0.600. The molecule has 0 radical (unpaired) electrons. The quantitative estimate of drug-likeness (QED) is 0.480. The van der Waals surface area contributed by atoms with Gasteiger partial charge in [-0.25, -0.2) is 0 Å². The summed E-state index contributed by atoms with van der Waals surface area (Å²) >= 11 is 0. The number of esters is 1. The maximum Gasteiger partial charge on any atom is 0.302 e. The Hall–Kier alpha value is -1.12. The highest BCUT2D eigenvalue weighted by Crippen LogP contribution is 2.37. The van der Waals surface area contributed by atoms with Gasteiger partial charge in [0.15, 0.2) is 0 Å². The molecule has 0 saturated heterocycles. The van der Waals surface area contributed by atoms with Gasteiger partial charge in [-0.3, -0.25) is 9.59 Å². The van der Waals surface area contributed by atoms with Gasteiger partial charge in [0, 0.05) is 13.3 Å². The molecule has 72 valence electrons. The molecule has 0 bridgehead atoms. The number of hydrogen-bond donors (Lipinski definition) is 0. The lowest BCUT2D eigenvalue weighted by molar-refractivity contribution is -0.150. The van der Waals surface area contributed by atoms with Gasteiger partial charge in [0.1, 0.15) is 11.9 Å². The summed E-state index contributed by atoms with van der Waals surface area (Å²) in [5.41, 5.74) is -0.675. The van der Waals surface area contributed by atoms with Crippen LogP contribution in [0.15, 0.2) is 12.7 Å². The first-order valence-electron chi connectivity index (χ1n) is 4.35. The highest BCUT2D eigenvalue weighted by molar-refractivity contribution is 5.89. The van der Waals surface area contributed by atoms with Gasteiger partial charge in [-0.15, -0.1) is 6.58 Å². The van der Waals surface area contributed by atoms with Crippen LogP contribution in [0.25, 0.3) is 0 Å². The maximum atomic E-state index is 11.5. The molecule has 0 aromatic heterocycles. The van der Waals surface area contributed by atoms with Crippen LogP contribution in [0.4, 0.5) is 0 Å². The molecule has 0 aromatic rings. The molecule has 0 unspecified atom stereocenters. The minimum absolute atomic E-state index is 0.105. The SMILES string of the molecule is C=C[C@]1(C)C(=O)CC[C@@H]1OC(C)=O. The van der Waals surface area contributed by atoms with Crippen molar-refractivity contribution in [3.05, 3.63) is 12.7 Å². The molecule has 3 heteroatoms. The summed E-state index contributed by atoms with van der Waals surface area (Å²) < 4.78 is 5.06. The van der Waals surface area contributed by atoms with E-state index in [1.807, 2.05) is 0 Å². The van der Waals surface area contributed by atoms with Crippen LogP contribution in [-0.2, 0) is 14.3 Å². The molecule has 1 fully saturated rings. The van der Waals surface area contributed by atoms with Crippen LogP contribution >= 0.6 is 0 Å². The molecule has 2 atom stereocenters. The number of hydrogen-bond acceptors (Lipinski definition) is 3. The van der Waals surface area contributed by atoms with Gasteiger partial charge in [-0.05, 0) is 13.3 Å². The standard InChI is InChI=1S/C10H14O3/c1-4-10(3)8(12)5-6-9(10)13-7(2)11/h4,9H,1,5-6H2,2-3H3/t9-,10+/m0/s1. The van der Waals surface area contributed by atoms with Gasteiger partial charge < -0.3 is 4.74 Å². The molecule has 0 aromatic carbocycles. The van der Waals surface area contributed by atoms with E-state index in [-0.39, 0.29) is 17.9 Å². The van der Waals surface area contributed by atoms with Crippen LogP contribution in [0.3, 0.4) is 0 Å². The molecular formula is C10H14O3. The fourth-order valence-corrected chi connectivity index (χ4v) is 1.64. The van der Waals surface area contributed by atoms with Gasteiger partial charge in [0.2, 0.25) is 0 Å². The Bertz CT molecular complexity index is 257. The number of ether oxygens (including phenoxy) is 1. The molecular weight excluding hydrogens is 168 g/mol. The van der Waals surface area contributed by atoms with Crippen molar-refractivity contribution in [2.45, 2.75) is 32.8 Å². The van der Waals surface area contributed by atoms with Crippen molar-refractivity contribution in [3.63, 3.8) is 0 Å². The number of Topliss-reactive ketones (excluding diaryl/α,β-unsaturated/α-hetero) is 1. The van der Waals surface area contributed by atoms with E-state index in [0.29, 0.717) is 12.8 Å². The van der Waals surface area contributed by atoms with Crippen molar-refractivity contribution < 1.29 is 14.3 Å². The average molecular weight is 182 g/mol. The Morgan fingerprint density at radius 1 is 1.77 bits per heavy atom. The van der Waals surface area contributed by atoms with Gasteiger partial charge in [0.05, 0.1) is 5.41 Å². The highest BCUT2D eigenvalue weighted by Gasteiger charge is 2.45. The molecule has 3 nitrogen and oxygen atoms in total. The fourth-order valence-electron chi connectivity index (χ4n) is 1.64. The average Bonchev–Trinajstić information content (AvgIpc) is 2.33.